The van der Waals surface area contributed by atoms with Gasteiger partial charge < -0.3 is 4.98 Å². The lowest BCUT2D eigenvalue weighted by molar-refractivity contribution is -0.384. The molecule has 0 atom stereocenters. The van der Waals surface area contributed by atoms with Gasteiger partial charge in [-0.05, 0) is 24.3 Å². The maximum atomic E-state index is 10.4. The van der Waals surface area contributed by atoms with Crippen LogP contribution in [0.1, 0.15) is 5.69 Å². The molecule has 1 aromatic carbocycles. The molecule has 0 amide bonds. The number of aromatic nitrogens is 1. The number of H-pyrrole nitrogens is 1. The van der Waals surface area contributed by atoms with E-state index in [0.717, 1.165) is 5.69 Å². The van der Waals surface area contributed by atoms with Gasteiger partial charge in [0.05, 0.1) is 22.5 Å². The molecular formula is C11H10N4O2. The Hall–Kier alpha value is -2.63. The minimum absolute atomic E-state index is 0.0592. The van der Waals surface area contributed by atoms with Crippen molar-refractivity contribution in [3.8, 4) is 0 Å². The molecule has 0 unspecified atom stereocenters. The Bertz CT molecular complexity index is 517. The normalized spacial score (nSPS) is 10.6. The van der Waals surface area contributed by atoms with E-state index < -0.39 is 4.92 Å². The van der Waals surface area contributed by atoms with Gasteiger partial charge in [0.25, 0.3) is 5.69 Å². The van der Waals surface area contributed by atoms with E-state index in [9.17, 15) is 10.1 Å². The number of non-ortho nitro benzene ring substituents is 1. The Balaban J connectivity index is 1.97. The zero-order valence-corrected chi connectivity index (χ0v) is 8.83. The predicted octanol–water partition coefficient (Wildman–Crippen LogP) is 2.37. The van der Waals surface area contributed by atoms with Gasteiger partial charge in [0, 0.05) is 18.3 Å². The van der Waals surface area contributed by atoms with Crippen molar-refractivity contribution in [1.82, 2.24) is 4.98 Å². The van der Waals surface area contributed by atoms with Crippen LogP contribution in [0, 0.1) is 10.1 Å². The molecular weight excluding hydrogens is 220 g/mol. The minimum atomic E-state index is -0.439. The average Bonchev–Trinajstić information content (AvgIpc) is 2.83. The van der Waals surface area contributed by atoms with Crippen molar-refractivity contribution in [2.24, 2.45) is 5.10 Å². The zero-order chi connectivity index (χ0) is 12.1. The number of nitro benzene ring substituents is 1. The summed E-state index contributed by atoms with van der Waals surface area (Å²) in [5.41, 5.74) is 4.40. The molecule has 0 bridgehead atoms. The van der Waals surface area contributed by atoms with Crippen LogP contribution in [0.3, 0.4) is 0 Å². The van der Waals surface area contributed by atoms with E-state index in [2.05, 4.69) is 15.5 Å². The summed E-state index contributed by atoms with van der Waals surface area (Å²) in [5, 5.41) is 14.4. The van der Waals surface area contributed by atoms with E-state index in [0.29, 0.717) is 5.69 Å². The SMILES string of the molecule is O=[N+]([O-])c1ccc(N/N=C/c2ccc[nH]2)cc1. The molecule has 0 aliphatic carbocycles. The molecule has 2 rings (SSSR count). The molecule has 17 heavy (non-hydrogen) atoms. The van der Waals surface area contributed by atoms with Crippen molar-refractivity contribution in [2.45, 2.75) is 0 Å². The Labute approximate surface area is 97.1 Å². The predicted molar refractivity (Wildman–Crippen MR) is 65.1 cm³/mol. The van der Waals surface area contributed by atoms with Gasteiger partial charge in [-0.3, -0.25) is 15.5 Å². The summed E-state index contributed by atoms with van der Waals surface area (Å²) in [6, 6.07) is 9.79. The lowest BCUT2D eigenvalue weighted by Gasteiger charge is -1.98. The van der Waals surface area contributed by atoms with Crippen molar-refractivity contribution < 1.29 is 4.92 Å². The third-order valence-corrected chi connectivity index (χ3v) is 2.10. The highest BCUT2D eigenvalue weighted by Crippen LogP contribution is 2.15. The monoisotopic (exact) mass is 230 g/mol. The molecule has 0 saturated carbocycles. The summed E-state index contributed by atoms with van der Waals surface area (Å²) < 4.78 is 0. The highest BCUT2D eigenvalue weighted by Gasteiger charge is 2.02. The van der Waals surface area contributed by atoms with Crippen LogP contribution in [0.25, 0.3) is 0 Å². The minimum Gasteiger partial charge on any atom is -0.360 e. The number of anilines is 1. The maximum absolute atomic E-state index is 10.4. The first-order valence-electron chi connectivity index (χ1n) is 4.92. The number of hydrazone groups is 1. The van der Waals surface area contributed by atoms with Gasteiger partial charge in [-0.25, -0.2) is 0 Å². The van der Waals surface area contributed by atoms with Crippen molar-refractivity contribution >= 4 is 17.6 Å². The van der Waals surface area contributed by atoms with E-state index in [1.807, 2.05) is 12.1 Å². The summed E-state index contributed by atoms with van der Waals surface area (Å²) in [6.45, 7) is 0. The van der Waals surface area contributed by atoms with Gasteiger partial charge in [-0.1, -0.05) is 0 Å². The topological polar surface area (TPSA) is 83.3 Å². The second-order valence-corrected chi connectivity index (χ2v) is 3.30. The van der Waals surface area contributed by atoms with Crippen LogP contribution in [0.2, 0.25) is 0 Å². The quantitative estimate of drug-likeness (QED) is 0.480. The molecule has 1 heterocycles. The molecule has 6 heteroatoms. The van der Waals surface area contributed by atoms with E-state index in [4.69, 9.17) is 0 Å². The van der Waals surface area contributed by atoms with E-state index in [1.54, 1.807) is 24.5 Å². The second-order valence-electron chi connectivity index (χ2n) is 3.30. The largest absolute Gasteiger partial charge is 0.360 e. The second kappa shape index (κ2) is 4.93. The van der Waals surface area contributed by atoms with Gasteiger partial charge >= 0.3 is 0 Å². The highest BCUT2D eigenvalue weighted by molar-refractivity contribution is 5.77. The molecule has 2 N–H and O–H groups in total. The van der Waals surface area contributed by atoms with Crippen LogP contribution < -0.4 is 5.43 Å². The summed E-state index contributed by atoms with van der Waals surface area (Å²) in [6.07, 6.45) is 3.43. The summed E-state index contributed by atoms with van der Waals surface area (Å²) >= 11 is 0. The number of aromatic amines is 1. The number of hydrogen-bond donors (Lipinski definition) is 2. The van der Waals surface area contributed by atoms with Crippen LogP contribution in [0.15, 0.2) is 47.7 Å². The third kappa shape index (κ3) is 2.91. The smallest absolute Gasteiger partial charge is 0.269 e. The molecule has 6 nitrogen and oxygen atoms in total. The standard InChI is InChI=1S/C11H10N4O2/c16-15(17)11-5-3-9(4-6-11)14-13-8-10-2-1-7-12-10/h1-8,12,14H/b13-8+. The van der Waals surface area contributed by atoms with Crippen LogP contribution >= 0.6 is 0 Å². The number of benzene rings is 1. The number of nitrogens with one attached hydrogen (secondary N) is 2. The summed E-state index contributed by atoms with van der Waals surface area (Å²) in [4.78, 5) is 13.0. The molecule has 1 aromatic heterocycles. The fourth-order valence-electron chi connectivity index (χ4n) is 1.26. The number of rotatable bonds is 4. The van der Waals surface area contributed by atoms with Crippen LogP contribution in [0.5, 0.6) is 0 Å². The van der Waals surface area contributed by atoms with E-state index in [-0.39, 0.29) is 5.69 Å². The fourth-order valence-corrected chi connectivity index (χ4v) is 1.26. The van der Waals surface area contributed by atoms with E-state index in [1.165, 1.54) is 12.1 Å². The Kier molecular flexibility index (Phi) is 3.15. The first-order chi connectivity index (χ1) is 8.25. The molecule has 86 valence electrons. The average molecular weight is 230 g/mol. The lowest BCUT2D eigenvalue weighted by Crippen LogP contribution is -1.92. The summed E-state index contributed by atoms with van der Waals surface area (Å²) in [5.74, 6) is 0. The Morgan fingerprint density at radius 3 is 2.65 bits per heavy atom. The first-order valence-corrected chi connectivity index (χ1v) is 4.92. The maximum Gasteiger partial charge on any atom is 0.269 e. The molecule has 0 fully saturated rings. The van der Waals surface area contributed by atoms with Gasteiger partial charge in [-0.15, -0.1) is 0 Å². The molecule has 0 saturated heterocycles. The van der Waals surface area contributed by atoms with Crippen LogP contribution in [0.4, 0.5) is 11.4 Å². The molecule has 2 aromatic rings. The van der Waals surface area contributed by atoms with Crippen molar-refractivity contribution in [2.75, 3.05) is 5.43 Å². The Morgan fingerprint density at radius 1 is 1.29 bits per heavy atom. The van der Waals surface area contributed by atoms with Crippen molar-refractivity contribution in [1.29, 1.82) is 0 Å². The lowest BCUT2D eigenvalue weighted by atomic mass is 10.3. The third-order valence-electron chi connectivity index (χ3n) is 2.10. The molecule has 0 aliphatic heterocycles. The van der Waals surface area contributed by atoms with Crippen LogP contribution in [-0.2, 0) is 0 Å². The highest BCUT2D eigenvalue weighted by atomic mass is 16.6. The number of nitrogens with zero attached hydrogens (tertiary/aromatic N) is 2. The molecule has 0 spiro atoms. The number of hydrogen-bond acceptors (Lipinski definition) is 4. The van der Waals surface area contributed by atoms with Gasteiger partial charge in [0.15, 0.2) is 0 Å². The van der Waals surface area contributed by atoms with Crippen molar-refractivity contribution in [3.05, 3.63) is 58.4 Å². The van der Waals surface area contributed by atoms with Gasteiger partial charge in [-0.2, -0.15) is 5.10 Å². The fraction of sp³-hybridized carbons (Fsp3) is 0. The molecule has 0 radical (unpaired) electrons. The van der Waals surface area contributed by atoms with Gasteiger partial charge in [0.1, 0.15) is 0 Å². The first kappa shape index (κ1) is 10.9. The Morgan fingerprint density at radius 2 is 2.06 bits per heavy atom. The van der Waals surface area contributed by atoms with E-state index >= 15 is 0 Å². The van der Waals surface area contributed by atoms with Crippen molar-refractivity contribution in [3.63, 3.8) is 0 Å². The molecule has 0 aliphatic rings. The number of nitro groups is 1. The zero-order valence-electron chi connectivity index (χ0n) is 8.83. The van der Waals surface area contributed by atoms with Crippen LogP contribution in [-0.4, -0.2) is 16.1 Å². The summed E-state index contributed by atoms with van der Waals surface area (Å²) in [7, 11) is 0. The van der Waals surface area contributed by atoms with Gasteiger partial charge in [0.2, 0.25) is 0 Å².